The third kappa shape index (κ3) is 3.67. The fourth-order valence-electron chi connectivity index (χ4n) is 2.82. The average molecular weight is 377 g/mol. The number of para-hydroxylation sites is 1. The van der Waals surface area contributed by atoms with Crippen LogP contribution in [0.15, 0.2) is 52.3 Å². The Morgan fingerprint density at radius 2 is 2.00 bits per heavy atom. The highest BCUT2D eigenvalue weighted by Crippen LogP contribution is 2.36. The van der Waals surface area contributed by atoms with Crippen LogP contribution in [0.4, 0.5) is 11.4 Å². The predicted molar refractivity (Wildman–Crippen MR) is 102 cm³/mol. The third-order valence-corrected chi connectivity index (χ3v) is 6.53. The van der Waals surface area contributed by atoms with Crippen LogP contribution >= 0.6 is 11.8 Å². The molecule has 5 nitrogen and oxygen atoms in total. The SMILES string of the molecule is CCc1ccccc1NS(=O)(=O)c1ccc2c(c1)N(C(C)=O)CCS2. The van der Waals surface area contributed by atoms with Crippen molar-refractivity contribution >= 4 is 39.1 Å². The number of nitrogens with one attached hydrogen (secondary N) is 1. The van der Waals surface area contributed by atoms with Crippen LogP contribution in [0.1, 0.15) is 19.4 Å². The summed E-state index contributed by atoms with van der Waals surface area (Å²) >= 11 is 1.63. The van der Waals surface area contributed by atoms with Gasteiger partial charge in [0.15, 0.2) is 0 Å². The zero-order valence-corrected chi connectivity index (χ0v) is 15.8. The lowest BCUT2D eigenvalue weighted by molar-refractivity contribution is -0.116. The molecule has 1 aliphatic rings. The monoisotopic (exact) mass is 376 g/mol. The van der Waals surface area contributed by atoms with Gasteiger partial charge in [-0.25, -0.2) is 8.42 Å². The summed E-state index contributed by atoms with van der Waals surface area (Å²) in [6.45, 7) is 4.06. The van der Waals surface area contributed by atoms with Gasteiger partial charge in [-0.2, -0.15) is 0 Å². The molecule has 1 N–H and O–H groups in total. The van der Waals surface area contributed by atoms with Gasteiger partial charge >= 0.3 is 0 Å². The second-order valence-corrected chi connectivity index (χ2v) is 8.58. The Bertz CT molecular complexity index is 910. The second kappa shape index (κ2) is 7.09. The van der Waals surface area contributed by atoms with E-state index >= 15 is 0 Å². The van der Waals surface area contributed by atoms with Gasteiger partial charge < -0.3 is 4.90 Å². The minimum absolute atomic E-state index is 0.0830. The fraction of sp³-hybridized carbons (Fsp3) is 0.278. The summed E-state index contributed by atoms with van der Waals surface area (Å²) in [5.41, 5.74) is 2.18. The lowest BCUT2D eigenvalue weighted by Gasteiger charge is -2.28. The van der Waals surface area contributed by atoms with Crippen LogP contribution in [-0.2, 0) is 21.2 Å². The van der Waals surface area contributed by atoms with Gasteiger partial charge in [0.2, 0.25) is 5.91 Å². The van der Waals surface area contributed by atoms with E-state index in [0.29, 0.717) is 17.9 Å². The van der Waals surface area contributed by atoms with Crippen molar-refractivity contribution in [1.29, 1.82) is 0 Å². The summed E-state index contributed by atoms with van der Waals surface area (Å²) in [5.74, 6) is 0.723. The Morgan fingerprint density at radius 1 is 1.24 bits per heavy atom. The fourth-order valence-corrected chi connectivity index (χ4v) is 4.92. The summed E-state index contributed by atoms with van der Waals surface area (Å²) in [6, 6.07) is 12.3. The first kappa shape index (κ1) is 17.8. The molecule has 0 saturated carbocycles. The van der Waals surface area contributed by atoms with E-state index in [-0.39, 0.29) is 10.8 Å². The highest BCUT2D eigenvalue weighted by Gasteiger charge is 2.24. The van der Waals surface area contributed by atoms with Crippen LogP contribution < -0.4 is 9.62 Å². The highest BCUT2D eigenvalue weighted by atomic mass is 32.2. The van der Waals surface area contributed by atoms with Crippen LogP contribution in [0.5, 0.6) is 0 Å². The molecule has 0 radical (unpaired) electrons. The number of rotatable bonds is 4. The van der Waals surface area contributed by atoms with Crippen molar-refractivity contribution in [1.82, 2.24) is 0 Å². The molecule has 1 amide bonds. The molecule has 2 aromatic rings. The molecule has 1 heterocycles. The molecule has 25 heavy (non-hydrogen) atoms. The first-order chi connectivity index (χ1) is 11.9. The normalized spacial score (nSPS) is 14.1. The van der Waals surface area contributed by atoms with Crippen molar-refractivity contribution in [3.8, 4) is 0 Å². The van der Waals surface area contributed by atoms with Crippen LogP contribution in [0.3, 0.4) is 0 Å². The minimum Gasteiger partial charge on any atom is -0.311 e. The Hall–Kier alpha value is -1.99. The van der Waals surface area contributed by atoms with Crippen LogP contribution in [0.25, 0.3) is 0 Å². The number of carbonyl (C=O) groups excluding carboxylic acids is 1. The molecule has 1 aliphatic heterocycles. The first-order valence-electron chi connectivity index (χ1n) is 8.08. The third-order valence-electron chi connectivity index (χ3n) is 4.13. The van der Waals surface area contributed by atoms with Gasteiger partial charge in [0.1, 0.15) is 0 Å². The van der Waals surface area contributed by atoms with E-state index in [9.17, 15) is 13.2 Å². The van der Waals surface area contributed by atoms with Crippen molar-refractivity contribution < 1.29 is 13.2 Å². The Labute approximate surface area is 152 Å². The highest BCUT2D eigenvalue weighted by molar-refractivity contribution is 7.99. The van der Waals surface area contributed by atoms with E-state index in [2.05, 4.69) is 4.72 Å². The molecule has 0 saturated heterocycles. The van der Waals surface area contributed by atoms with E-state index in [4.69, 9.17) is 0 Å². The molecule has 0 bridgehead atoms. The number of amides is 1. The van der Waals surface area contributed by atoms with Crippen LogP contribution in [-0.4, -0.2) is 26.6 Å². The van der Waals surface area contributed by atoms with E-state index in [1.807, 2.05) is 19.1 Å². The van der Waals surface area contributed by atoms with Crippen molar-refractivity contribution in [2.24, 2.45) is 0 Å². The summed E-state index contributed by atoms with van der Waals surface area (Å²) in [4.78, 5) is 14.6. The van der Waals surface area contributed by atoms with Gasteiger partial charge in [-0.3, -0.25) is 9.52 Å². The number of hydrogen-bond acceptors (Lipinski definition) is 4. The number of sulfonamides is 1. The molecule has 132 valence electrons. The van der Waals surface area contributed by atoms with Gasteiger partial charge in [-0.15, -0.1) is 11.8 Å². The van der Waals surface area contributed by atoms with Gasteiger partial charge in [0, 0.05) is 24.1 Å². The topological polar surface area (TPSA) is 66.5 Å². The Balaban J connectivity index is 1.98. The van der Waals surface area contributed by atoms with Crippen molar-refractivity contribution in [3.63, 3.8) is 0 Å². The van der Waals surface area contributed by atoms with E-state index in [1.54, 1.807) is 47.0 Å². The summed E-state index contributed by atoms with van der Waals surface area (Å²) in [6.07, 6.45) is 0.734. The summed E-state index contributed by atoms with van der Waals surface area (Å²) < 4.78 is 28.3. The molecule has 2 aromatic carbocycles. The molecule has 0 fully saturated rings. The average Bonchev–Trinajstić information content (AvgIpc) is 2.60. The lowest BCUT2D eigenvalue weighted by Crippen LogP contribution is -2.33. The maximum atomic E-state index is 12.8. The zero-order valence-electron chi connectivity index (χ0n) is 14.2. The van der Waals surface area contributed by atoms with Crippen LogP contribution in [0, 0.1) is 0 Å². The molecule has 0 atom stereocenters. The van der Waals surface area contributed by atoms with Crippen molar-refractivity contribution in [2.75, 3.05) is 21.9 Å². The second-order valence-electron chi connectivity index (χ2n) is 5.76. The number of benzene rings is 2. The van der Waals surface area contributed by atoms with Gasteiger partial charge in [0.25, 0.3) is 10.0 Å². The van der Waals surface area contributed by atoms with E-state index in [0.717, 1.165) is 22.6 Å². The number of thioether (sulfide) groups is 1. The molecular formula is C18H20N2O3S2. The number of carbonyl (C=O) groups is 1. The molecule has 0 aliphatic carbocycles. The maximum Gasteiger partial charge on any atom is 0.261 e. The summed E-state index contributed by atoms with van der Waals surface area (Å²) in [7, 11) is -3.73. The lowest BCUT2D eigenvalue weighted by atomic mass is 10.1. The number of nitrogens with zero attached hydrogens (tertiary/aromatic N) is 1. The molecule has 7 heteroatoms. The summed E-state index contributed by atoms with van der Waals surface area (Å²) in [5, 5.41) is 0. The van der Waals surface area contributed by atoms with Crippen LogP contribution in [0.2, 0.25) is 0 Å². The number of fused-ring (bicyclic) bond motifs is 1. The predicted octanol–water partition coefficient (Wildman–Crippen LogP) is 3.51. The van der Waals surface area contributed by atoms with Gasteiger partial charge in [0.05, 0.1) is 16.3 Å². The number of aryl methyl sites for hydroxylation is 1. The number of anilines is 2. The first-order valence-corrected chi connectivity index (χ1v) is 10.5. The molecule has 0 spiro atoms. The largest absolute Gasteiger partial charge is 0.311 e. The standard InChI is InChI=1S/C18H20N2O3S2/c1-3-14-6-4-5-7-16(14)19-25(22,23)15-8-9-18-17(12-15)20(13(2)21)10-11-24-18/h4-9,12,19H,3,10-11H2,1-2H3. The van der Waals surface area contributed by atoms with Crippen molar-refractivity contribution in [3.05, 3.63) is 48.0 Å². The van der Waals surface area contributed by atoms with E-state index < -0.39 is 10.0 Å². The Morgan fingerprint density at radius 3 is 2.72 bits per heavy atom. The van der Waals surface area contributed by atoms with Crippen molar-refractivity contribution in [2.45, 2.75) is 30.1 Å². The van der Waals surface area contributed by atoms with Gasteiger partial charge in [-0.1, -0.05) is 25.1 Å². The molecular weight excluding hydrogens is 356 g/mol. The van der Waals surface area contributed by atoms with Gasteiger partial charge in [-0.05, 0) is 36.2 Å². The molecule has 0 unspecified atom stereocenters. The van der Waals surface area contributed by atoms with E-state index in [1.165, 1.54) is 6.92 Å². The quantitative estimate of drug-likeness (QED) is 0.887. The molecule has 0 aromatic heterocycles. The Kier molecular flexibility index (Phi) is 5.06. The molecule has 3 rings (SSSR count). The maximum absolute atomic E-state index is 12.8. The smallest absolute Gasteiger partial charge is 0.261 e. The minimum atomic E-state index is -3.73. The number of hydrogen-bond donors (Lipinski definition) is 1. The zero-order chi connectivity index (χ0) is 18.0.